The standard InChI is InChI=1S/C25H21N3O6S/c1-33-23-11-10-20(35(31,32)28-13-12-18-4-2-3-5-22(18)28)14-21(23)25(30)34-16-24(29)27-19-8-6-17(15-26)7-9-19/h2-11,14H,12-13,16H2,1H3,(H,27,29). The topological polar surface area (TPSA) is 126 Å². The minimum atomic E-state index is -3.94. The van der Waals surface area contributed by atoms with Crippen molar-refractivity contribution >= 4 is 33.3 Å². The van der Waals surface area contributed by atoms with Gasteiger partial charge in [-0.15, -0.1) is 0 Å². The van der Waals surface area contributed by atoms with Gasteiger partial charge in [-0.2, -0.15) is 5.26 Å². The molecule has 10 heteroatoms. The van der Waals surface area contributed by atoms with Crippen LogP contribution >= 0.6 is 0 Å². The third-order valence-corrected chi connectivity index (χ3v) is 7.26. The third kappa shape index (κ3) is 4.95. The van der Waals surface area contributed by atoms with Gasteiger partial charge in [-0.25, -0.2) is 13.2 Å². The van der Waals surface area contributed by atoms with Crippen LogP contribution < -0.4 is 14.4 Å². The van der Waals surface area contributed by atoms with E-state index in [4.69, 9.17) is 14.7 Å². The van der Waals surface area contributed by atoms with Crippen LogP contribution in [0.25, 0.3) is 0 Å². The van der Waals surface area contributed by atoms with Crippen molar-refractivity contribution < 1.29 is 27.5 Å². The average Bonchev–Trinajstić information content (AvgIpc) is 3.32. The van der Waals surface area contributed by atoms with Gasteiger partial charge in [0.05, 0.1) is 29.3 Å². The van der Waals surface area contributed by atoms with E-state index < -0.39 is 28.5 Å². The van der Waals surface area contributed by atoms with Gasteiger partial charge >= 0.3 is 5.97 Å². The molecule has 0 saturated heterocycles. The van der Waals surface area contributed by atoms with E-state index in [1.165, 1.54) is 41.7 Å². The first-order valence-corrected chi connectivity index (χ1v) is 12.0. The maximum atomic E-state index is 13.3. The lowest BCUT2D eigenvalue weighted by atomic mass is 10.2. The van der Waals surface area contributed by atoms with Gasteiger partial charge in [-0.05, 0) is 60.5 Å². The van der Waals surface area contributed by atoms with Crippen molar-refractivity contribution in [1.29, 1.82) is 5.26 Å². The molecule has 3 aromatic rings. The number of hydrogen-bond donors (Lipinski definition) is 1. The van der Waals surface area contributed by atoms with Gasteiger partial charge in [0.15, 0.2) is 6.61 Å². The largest absolute Gasteiger partial charge is 0.496 e. The number of ether oxygens (including phenoxy) is 2. The van der Waals surface area contributed by atoms with Crippen LogP contribution in [0.15, 0.2) is 71.6 Å². The molecule has 0 atom stereocenters. The van der Waals surface area contributed by atoms with Crippen LogP contribution in [0.3, 0.4) is 0 Å². The highest BCUT2D eigenvalue weighted by molar-refractivity contribution is 7.92. The minimum Gasteiger partial charge on any atom is -0.496 e. The zero-order valence-corrected chi connectivity index (χ0v) is 19.5. The Balaban J connectivity index is 1.50. The van der Waals surface area contributed by atoms with Crippen LogP contribution in [-0.2, 0) is 26.0 Å². The first kappa shape index (κ1) is 23.8. The molecule has 0 radical (unpaired) electrons. The van der Waals surface area contributed by atoms with Gasteiger partial charge in [-0.3, -0.25) is 9.10 Å². The molecule has 0 saturated carbocycles. The number of benzene rings is 3. The van der Waals surface area contributed by atoms with Crippen molar-refractivity contribution in [3.63, 3.8) is 0 Å². The molecule has 35 heavy (non-hydrogen) atoms. The Morgan fingerprint density at radius 3 is 2.54 bits per heavy atom. The van der Waals surface area contributed by atoms with Gasteiger partial charge < -0.3 is 14.8 Å². The second-order valence-electron chi connectivity index (χ2n) is 7.63. The van der Waals surface area contributed by atoms with Crippen molar-refractivity contribution in [3.8, 4) is 11.8 Å². The van der Waals surface area contributed by atoms with Gasteiger partial charge in [0.1, 0.15) is 11.3 Å². The summed E-state index contributed by atoms with van der Waals surface area (Å²) in [5.74, 6) is -1.39. The maximum Gasteiger partial charge on any atom is 0.342 e. The molecular formula is C25H21N3O6S. The monoisotopic (exact) mass is 491 g/mol. The number of carbonyl (C=O) groups excluding carboxylic acids is 2. The highest BCUT2D eigenvalue weighted by Gasteiger charge is 2.31. The van der Waals surface area contributed by atoms with Crippen LogP contribution in [0.1, 0.15) is 21.5 Å². The van der Waals surface area contributed by atoms with Gasteiger partial charge in [0.2, 0.25) is 0 Å². The number of esters is 1. The summed E-state index contributed by atoms with van der Waals surface area (Å²) in [6.07, 6.45) is 0.592. The Bertz CT molecular complexity index is 1430. The number of carbonyl (C=O) groups is 2. The van der Waals surface area contributed by atoms with Crippen LogP contribution in [0.2, 0.25) is 0 Å². The molecule has 9 nitrogen and oxygen atoms in total. The molecular weight excluding hydrogens is 470 g/mol. The number of nitrogens with zero attached hydrogens (tertiary/aromatic N) is 2. The fraction of sp³-hybridized carbons (Fsp3) is 0.160. The van der Waals surface area contributed by atoms with E-state index in [-0.39, 0.29) is 16.2 Å². The number of para-hydroxylation sites is 1. The number of nitriles is 1. The van der Waals surface area contributed by atoms with E-state index in [1.54, 1.807) is 24.3 Å². The van der Waals surface area contributed by atoms with Crippen molar-refractivity contribution in [2.45, 2.75) is 11.3 Å². The summed E-state index contributed by atoms with van der Waals surface area (Å²) in [5.41, 5.74) is 2.28. The second-order valence-corrected chi connectivity index (χ2v) is 9.49. The lowest BCUT2D eigenvalue weighted by molar-refractivity contribution is -0.119. The first-order chi connectivity index (χ1) is 16.8. The number of hydrogen-bond acceptors (Lipinski definition) is 7. The van der Waals surface area contributed by atoms with Gasteiger partial charge in [0, 0.05) is 12.2 Å². The van der Waals surface area contributed by atoms with E-state index in [9.17, 15) is 18.0 Å². The Labute approximate surface area is 202 Å². The highest BCUT2D eigenvalue weighted by Crippen LogP contribution is 2.34. The molecule has 178 valence electrons. The SMILES string of the molecule is COc1ccc(S(=O)(=O)N2CCc3ccccc32)cc1C(=O)OCC(=O)Nc1ccc(C#N)cc1. The van der Waals surface area contributed by atoms with Crippen molar-refractivity contribution in [2.75, 3.05) is 29.9 Å². The van der Waals surface area contributed by atoms with E-state index in [1.807, 2.05) is 18.2 Å². The molecule has 1 heterocycles. The summed E-state index contributed by atoms with van der Waals surface area (Å²) in [6.45, 7) is -0.304. The summed E-state index contributed by atoms with van der Waals surface area (Å²) in [7, 11) is -2.60. The molecule has 1 amide bonds. The molecule has 1 N–H and O–H groups in total. The van der Waals surface area contributed by atoms with Crippen LogP contribution in [0.4, 0.5) is 11.4 Å². The fourth-order valence-corrected chi connectivity index (χ4v) is 5.26. The summed E-state index contributed by atoms with van der Waals surface area (Å²) in [5, 5.41) is 11.4. The third-order valence-electron chi connectivity index (χ3n) is 5.46. The molecule has 0 fully saturated rings. The predicted molar refractivity (Wildman–Crippen MR) is 128 cm³/mol. The average molecular weight is 492 g/mol. The van der Waals surface area contributed by atoms with E-state index in [2.05, 4.69) is 5.32 Å². The second kappa shape index (κ2) is 9.87. The van der Waals surface area contributed by atoms with Crippen LogP contribution in [0, 0.1) is 11.3 Å². The molecule has 0 aromatic heterocycles. The van der Waals surface area contributed by atoms with E-state index in [0.717, 1.165) is 5.56 Å². The molecule has 4 rings (SSSR count). The fourth-order valence-electron chi connectivity index (χ4n) is 3.73. The van der Waals surface area contributed by atoms with Crippen LogP contribution in [0.5, 0.6) is 5.75 Å². The quantitative estimate of drug-likeness (QED) is 0.503. The number of fused-ring (bicyclic) bond motifs is 1. The first-order valence-electron chi connectivity index (χ1n) is 10.6. The Kier molecular flexibility index (Phi) is 6.71. The Morgan fingerprint density at radius 2 is 1.83 bits per heavy atom. The summed E-state index contributed by atoms with van der Waals surface area (Å²) < 4.78 is 38.3. The number of anilines is 2. The van der Waals surface area contributed by atoms with Crippen LogP contribution in [-0.4, -0.2) is 40.6 Å². The molecule has 0 spiro atoms. The van der Waals surface area contributed by atoms with Gasteiger partial charge in [0.25, 0.3) is 15.9 Å². The predicted octanol–water partition coefficient (Wildman–Crippen LogP) is 3.11. The molecule has 1 aliphatic rings. The lowest BCUT2D eigenvalue weighted by Crippen LogP contribution is -2.29. The maximum absolute atomic E-state index is 13.3. The zero-order chi connectivity index (χ0) is 25.0. The Hall–Kier alpha value is -4.36. The Morgan fingerprint density at radius 1 is 1.09 bits per heavy atom. The van der Waals surface area contributed by atoms with Crippen molar-refractivity contribution in [1.82, 2.24) is 0 Å². The minimum absolute atomic E-state index is 0.0935. The number of rotatable bonds is 7. The molecule has 0 unspecified atom stereocenters. The molecule has 1 aliphatic heterocycles. The summed E-state index contributed by atoms with van der Waals surface area (Å²) >= 11 is 0. The number of methoxy groups -OCH3 is 1. The van der Waals surface area contributed by atoms with Crippen molar-refractivity contribution in [2.24, 2.45) is 0 Å². The number of nitrogens with one attached hydrogen (secondary N) is 1. The highest BCUT2D eigenvalue weighted by atomic mass is 32.2. The smallest absolute Gasteiger partial charge is 0.342 e. The lowest BCUT2D eigenvalue weighted by Gasteiger charge is -2.20. The van der Waals surface area contributed by atoms with E-state index >= 15 is 0 Å². The van der Waals surface area contributed by atoms with Crippen molar-refractivity contribution in [3.05, 3.63) is 83.4 Å². The number of sulfonamides is 1. The van der Waals surface area contributed by atoms with E-state index in [0.29, 0.717) is 29.9 Å². The van der Waals surface area contributed by atoms with Gasteiger partial charge in [-0.1, -0.05) is 18.2 Å². The summed E-state index contributed by atoms with van der Waals surface area (Å²) in [4.78, 5) is 24.8. The molecule has 0 bridgehead atoms. The zero-order valence-electron chi connectivity index (χ0n) is 18.7. The molecule has 0 aliphatic carbocycles. The summed E-state index contributed by atoms with van der Waals surface area (Å²) in [6, 6.07) is 19.3. The number of amides is 1. The molecule has 3 aromatic carbocycles. The normalized spacial score (nSPS) is 12.4.